The molecule has 1 amide bonds. The lowest BCUT2D eigenvalue weighted by atomic mass is 10.0. The molecular weight excluding hydrogens is 270 g/mol. The first-order valence-corrected chi connectivity index (χ1v) is 8.46. The predicted molar refractivity (Wildman–Crippen MR) is 69.4 cm³/mol. The number of morpholine rings is 1. The summed E-state index contributed by atoms with van der Waals surface area (Å²) < 4.78 is 28.2. The van der Waals surface area contributed by atoms with Gasteiger partial charge in [0.15, 0.2) is 9.84 Å². The van der Waals surface area contributed by atoms with Gasteiger partial charge in [0.2, 0.25) is 5.91 Å². The molecule has 110 valence electrons. The van der Waals surface area contributed by atoms with Gasteiger partial charge in [-0.2, -0.15) is 0 Å². The number of rotatable bonds is 3. The number of hydrogen-bond donors (Lipinski definition) is 1. The minimum absolute atomic E-state index is 0.0201. The molecule has 0 aromatic rings. The van der Waals surface area contributed by atoms with Crippen LogP contribution in [0.25, 0.3) is 0 Å². The van der Waals surface area contributed by atoms with Crippen LogP contribution in [-0.2, 0) is 19.4 Å². The van der Waals surface area contributed by atoms with Gasteiger partial charge in [0.05, 0.1) is 36.9 Å². The van der Waals surface area contributed by atoms with Crippen molar-refractivity contribution in [2.45, 2.75) is 31.9 Å². The van der Waals surface area contributed by atoms with Crippen LogP contribution in [0, 0.1) is 5.92 Å². The van der Waals surface area contributed by atoms with Gasteiger partial charge in [0.25, 0.3) is 0 Å². The van der Waals surface area contributed by atoms with Crippen LogP contribution in [0.2, 0.25) is 0 Å². The first-order chi connectivity index (χ1) is 8.91. The quantitative estimate of drug-likeness (QED) is 0.752. The molecule has 2 rings (SSSR count). The number of carbonyl (C=O) groups is 1. The molecule has 0 spiro atoms. The third kappa shape index (κ3) is 3.67. The number of aliphatic hydroxyl groups excluding tert-OH is 1. The van der Waals surface area contributed by atoms with Gasteiger partial charge in [-0.25, -0.2) is 8.42 Å². The molecule has 2 saturated heterocycles. The lowest BCUT2D eigenvalue weighted by Crippen LogP contribution is -2.52. The number of hydrogen-bond acceptors (Lipinski definition) is 5. The van der Waals surface area contributed by atoms with Crippen molar-refractivity contribution in [1.29, 1.82) is 0 Å². The fourth-order valence-electron chi connectivity index (χ4n) is 2.67. The van der Waals surface area contributed by atoms with Crippen molar-refractivity contribution in [2.75, 3.05) is 31.3 Å². The maximum absolute atomic E-state index is 12.2. The highest BCUT2D eigenvalue weighted by atomic mass is 32.2. The van der Waals surface area contributed by atoms with Crippen LogP contribution in [-0.4, -0.2) is 67.7 Å². The molecule has 1 N–H and O–H groups in total. The summed E-state index contributed by atoms with van der Waals surface area (Å²) in [5.41, 5.74) is 0. The van der Waals surface area contributed by atoms with E-state index in [2.05, 4.69) is 0 Å². The third-order valence-electron chi connectivity index (χ3n) is 3.82. The Morgan fingerprint density at radius 2 is 2.21 bits per heavy atom. The second kappa shape index (κ2) is 5.76. The fourth-order valence-corrected chi connectivity index (χ4v) is 4.53. The Kier molecular flexibility index (Phi) is 4.47. The summed E-state index contributed by atoms with van der Waals surface area (Å²) in [4.78, 5) is 13.9. The first kappa shape index (κ1) is 14.7. The minimum Gasteiger partial charge on any atom is -0.394 e. The van der Waals surface area contributed by atoms with Crippen LogP contribution >= 0.6 is 0 Å². The number of nitrogens with zero attached hydrogens (tertiary/aromatic N) is 1. The molecule has 19 heavy (non-hydrogen) atoms. The number of carbonyl (C=O) groups excluding carboxylic acids is 1. The molecule has 6 nitrogen and oxygen atoms in total. The standard InChI is InChI=1S/C12H21NO5S/c1-9-7-18-11(6-14)5-13(9)12(15)4-10-2-3-19(16,17)8-10/h9-11,14H,2-8H2,1H3. The number of sulfone groups is 1. The van der Waals surface area contributed by atoms with Crippen LogP contribution in [0.5, 0.6) is 0 Å². The summed E-state index contributed by atoms with van der Waals surface area (Å²) in [5.74, 6) is 0.237. The Balaban J connectivity index is 1.92. The Morgan fingerprint density at radius 3 is 2.79 bits per heavy atom. The van der Waals surface area contributed by atoms with Crippen LogP contribution in [0.4, 0.5) is 0 Å². The lowest BCUT2D eigenvalue weighted by Gasteiger charge is -2.37. The maximum Gasteiger partial charge on any atom is 0.223 e. The predicted octanol–water partition coefficient (Wildman–Crippen LogP) is -0.581. The smallest absolute Gasteiger partial charge is 0.223 e. The molecule has 0 aromatic carbocycles. The Labute approximate surface area is 113 Å². The highest BCUT2D eigenvalue weighted by Gasteiger charge is 2.34. The molecule has 2 aliphatic heterocycles. The van der Waals surface area contributed by atoms with Crippen molar-refractivity contribution in [2.24, 2.45) is 5.92 Å². The van der Waals surface area contributed by atoms with Crippen molar-refractivity contribution in [1.82, 2.24) is 4.90 Å². The van der Waals surface area contributed by atoms with E-state index < -0.39 is 9.84 Å². The van der Waals surface area contributed by atoms with Crippen molar-refractivity contribution >= 4 is 15.7 Å². The van der Waals surface area contributed by atoms with E-state index in [-0.39, 0.29) is 48.5 Å². The Bertz CT molecular complexity index is 435. The van der Waals surface area contributed by atoms with E-state index in [4.69, 9.17) is 9.84 Å². The first-order valence-electron chi connectivity index (χ1n) is 6.63. The van der Waals surface area contributed by atoms with Crippen molar-refractivity contribution in [3.63, 3.8) is 0 Å². The van der Waals surface area contributed by atoms with E-state index >= 15 is 0 Å². The molecule has 0 saturated carbocycles. The SMILES string of the molecule is CC1COC(CO)CN1C(=O)CC1CCS(=O)(=O)C1. The van der Waals surface area contributed by atoms with Crippen LogP contribution < -0.4 is 0 Å². The van der Waals surface area contributed by atoms with E-state index in [1.54, 1.807) is 4.90 Å². The average Bonchev–Trinajstić information content (AvgIpc) is 2.69. The van der Waals surface area contributed by atoms with Crippen LogP contribution in [0.1, 0.15) is 19.8 Å². The van der Waals surface area contributed by atoms with Gasteiger partial charge >= 0.3 is 0 Å². The molecule has 0 aromatic heterocycles. The zero-order chi connectivity index (χ0) is 14.0. The van der Waals surface area contributed by atoms with E-state index in [0.717, 1.165) is 0 Å². The summed E-state index contributed by atoms with van der Waals surface area (Å²) >= 11 is 0. The summed E-state index contributed by atoms with van der Waals surface area (Å²) in [6.45, 7) is 2.60. The zero-order valence-corrected chi connectivity index (χ0v) is 11.9. The van der Waals surface area contributed by atoms with Gasteiger partial charge in [-0.1, -0.05) is 0 Å². The molecule has 3 unspecified atom stereocenters. The van der Waals surface area contributed by atoms with E-state index in [0.29, 0.717) is 19.6 Å². The lowest BCUT2D eigenvalue weighted by molar-refractivity contribution is -0.146. The van der Waals surface area contributed by atoms with Gasteiger partial charge in [-0.3, -0.25) is 4.79 Å². The normalized spacial score (nSPS) is 34.4. The topological polar surface area (TPSA) is 83.9 Å². The summed E-state index contributed by atoms with van der Waals surface area (Å²) in [5, 5.41) is 9.09. The molecule has 3 atom stereocenters. The minimum atomic E-state index is -2.94. The van der Waals surface area contributed by atoms with Crippen LogP contribution in [0.15, 0.2) is 0 Å². The third-order valence-corrected chi connectivity index (χ3v) is 5.66. The molecule has 2 aliphatic rings. The summed E-state index contributed by atoms with van der Waals surface area (Å²) in [7, 11) is -2.94. The Morgan fingerprint density at radius 1 is 1.47 bits per heavy atom. The zero-order valence-electron chi connectivity index (χ0n) is 11.1. The second-order valence-electron chi connectivity index (χ2n) is 5.51. The van der Waals surface area contributed by atoms with Gasteiger partial charge in [-0.15, -0.1) is 0 Å². The van der Waals surface area contributed by atoms with Gasteiger partial charge < -0.3 is 14.7 Å². The van der Waals surface area contributed by atoms with Crippen molar-refractivity contribution in [3.8, 4) is 0 Å². The molecule has 0 aliphatic carbocycles. The van der Waals surface area contributed by atoms with E-state index in [9.17, 15) is 13.2 Å². The highest BCUT2D eigenvalue weighted by molar-refractivity contribution is 7.91. The van der Waals surface area contributed by atoms with Crippen LogP contribution in [0.3, 0.4) is 0 Å². The van der Waals surface area contributed by atoms with Crippen molar-refractivity contribution < 1.29 is 23.1 Å². The number of amides is 1. The van der Waals surface area contributed by atoms with Crippen molar-refractivity contribution in [3.05, 3.63) is 0 Å². The maximum atomic E-state index is 12.2. The number of aliphatic hydroxyl groups is 1. The average molecular weight is 291 g/mol. The molecule has 0 radical (unpaired) electrons. The van der Waals surface area contributed by atoms with Gasteiger partial charge in [-0.05, 0) is 19.3 Å². The molecule has 0 bridgehead atoms. The number of ether oxygens (including phenoxy) is 1. The highest BCUT2D eigenvalue weighted by Crippen LogP contribution is 2.23. The van der Waals surface area contributed by atoms with E-state index in [1.807, 2.05) is 6.92 Å². The largest absolute Gasteiger partial charge is 0.394 e. The molecular formula is C12H21NO5S. The molecule has 2 fully saturated rings. The fraction of sp³-hybridized carbons (Fsp3) is 0.917. The Hall–Kier alpha value is -0.660. The van der Waals surface area contributed by atoms with E-state index in [1.165, 1.54) is 0 Å². The van der Waals surface area contributed by atoms with Gasteiger partial charge in [0.1, 0.15) is 0 Å². The second-order valence-corrected chi connectivity index (χ2v) is 7.73. The molecule has 7 heteroatoms. The summed E-state index contributed by atoms with van der Waals surface area (Å²) in [6, 6.07) is -0.0201. The van der Waals surface area contributed by atoms with Gasteiger partial charge in [0, 0.05) is 13.0 Å². The molecule has 2 heterocycles. The summed E-state index contributed by atoms with van der Waals surface area (Å²) in [6.07, 6.45) is 0.533. The monoisotopic (exact) mass is 291 g/mol.